The lowest BCUT2D eigenvalue weighted by molar-refractivity contribution is -0.129. The van der Waals surface area contributed by atoms with E-state index in [2.05, 4.69) is 10.3 Å². The number of likely N-dealkylation sites (N-methyl/N-ethyl adjacent to an activating group) is 1. The van der Waals surface area contributed by atoms with Gasteiger partial charge in [-0.1, -0.05) is 0 Å². The van der Waals surface area contributed by atoms with Crippen molar-refractivity contribution in [2.24, 2.45) is 0 Å². The highest BCUT2D eigenvalue weighted by Gasteiger charge is 2.21. The minimum absolute atomic E-state index is 0.0412. The first-order valence-electron chi connectivity index (χ1n) is 11.5. The van der Waals surface area contributed by atoms with Gasteiger partial charge in [-0.3, -0.25) is 19.0 Å². The molecule has 0 aliphatic heterocycles. The number of ether oxygens (including phenoxy) is 1. The molecule has 40 heavy (non-hydrogen) atoms. The summed E-state index contributed by atoms with van der Waals surface area (Å²) >= 11 is 4.07. The van der Waals surface area contributed by atoms with Gasteiger partial charge in [0.25, 0.3) is 11.5 Å². The monoisotopic (exact) mass is 770 g/mol. The molecule has 0 spiro atoms. The predicted molar refractivity (Wildman–Crippen MR) is 164 cm³/mol. The van der Waals surface area contributed by atoms with E-state index in [9.17, 15) is 23.6 Å². The summed E-state index contributed by atoms with van der Waals surface area (Å²) in [5, 5.41) is 2.65. The molecular weight excluding hydrogens is 749 g/mol. The Labute approximate surface area is 254 Å². The van der Waals surface area contributed by atoms with Crippen LogP contribution in [0.15, 0.2) is 70.5 Å². The number of pyridine rings is 1. The van der Waals surface area contributed by atoms with Crippen LogP contribution in [0.25, 0.3) is 5.69 Å². The number of hydrogen-bond donors (Lipinski definition) is 2. The highest BCUT2D eigenvalue weighted by atomic mass is 127. The van der Waals surface area contributed by atoms with Gasteiger partial charge in [0.05, 0.1) is 12.8 Å². The molecule has 11 nitrogen and oxygen atoms in total. The summed E-state index contributed by atoms with van der Waals surface area (Å²) in [5.41, 5.74) is 4.05. The van der Waals surface area contributed by atoms with Crippen molar-refractivity contribution in [1.29, 1.82) is 0 Å². The zero-order valence-corrected chi connectivity index (χ0v) is 25.3. The zero-order valence-electron chi connectivity index (χ0n) is 21.0. The predicted octanol–water partition coefficient (Wildman–Crippen LogP) is 3.46. The molecule has 2 amide bonds. The Morgan fingerprint density at radius 2 is 1.77 bits per heavy atom. The van der Waals surface area contributed by atoms with Crippen LogP contribution in [0.3, 0.4) is 0 Å². The molecule has 0 saturated carbocycles. The smallest absolute Gasteiger partial charge is 0.336 e. The molecular formula is C26H21FI2N6O5. The Bertz CT molecular complexity index is 1740. The number of rotatable bonds is 7. The summed E-state index contributed by atoms with van der Waals surface area (Å²) in [6, 6.07) is 11.1. The van der Waals surface area contributed by atoms with E-state index in [-0.39, 0.29) is 5.69 Å². The SMILES string of the molecule is CN(C)C(=O)Cn1cc(C(=O)Nc2ccc(Oc3ccnc(N)c3I)c(I)c2)c(=O)n(-c2ccc(F)cc2)c1=O. The molecule has 2 aromatic heterocycles. The summed E-state index contributed by atoms with van der Waals surface area (Å²) in [6.45, 7) is -0.421. The van der Waals surface area contributed by atoms with E-state index >= 15 is 0 Å². The molecule has 0 atom stereocenters. The van der Waals surface area contributed by atoms with Gasteiger partial charge in [0.1, 0.15) is 35.2 Å². The van der Waals surface area contributed by atoms with E-state index in [4.69, 9.17) is 10.5 Å². The summed E-state index contributed by atoms with van der Waals surface area (Å²) in [5.74, 6) is -0.480. The number of nitrogens with zero attached hydrogens (tertiary/aromatic N) is 4. The standard InChI is InChI=1S/C26H21FI2N6O5/c1-33(2)21(36)13-34-12-17(25(38)35(26(34)39)16-6-3-14(27)4-7-16)24(37)32-15-5-8-19(18(28)11-15)40-20-9-10-31-23(30)22(20)29/h3-12H,13H2,1-2H3,(H2,30,31)(H,32,37). The number of anilines is 2. The van der Waals surface area contributed by atoms with Gasteiger partial charge in [0, 0.05) is 38.2 Å². The fourth-order valence-electron chi connectivity index (χ4n) is 3.47. The van der Waals surface area contributed by atoms with Crippen LogP contribution in [0, 0.1) is 13.0 Å². The van der Waals surface area contributed by atoms with Crippen LogP contribution < -0.4 is 27.0 Å². The van der Waals surface area contributed by atoms with Crippen molar-refractivity contribution >= 4 is 68.5 Å². The van der Waals surface area contributed by atoms with Crippen LogP contribution in [0.4, 0.5) is 15.9 Å². The van der Waals surface area contributed by atoms with Crippen molar-refractivity contribution in [3.63, 3.8) is 0 Å². The molecule has 0 fully saturated rings. The van der Waals surface area contributed by atoms with Crippen LogP contribution in [-0.2, 0) is 11.3 Å². The Hall–Kier alpha value is -3.80. The first kappa shape index (κ1) is 29.2. The van der Waals surface area contributed by atoms with Crippen LogP contribution in [0.1, 0.15) is 10.4 Å². The zero-order chi connectivity index (χ0) is 29.1. The van der Waals surface area contributed by atoms with Gasteiger partial charge in [-0.25, -0.2) is 18.7 Å². The van der Waals surface area contributed by atoms with E-state index in [1.54, 1.807) is 24.3 Å². The van der Waals surface area contributed by atoms with E-state index in [1.165, 1.54) is 37.3 Å². The second kappa shape index (κ2) is 12.2. The normalized spacial score (nSPS) is 10.7. The van der Waals surface area contributed by atoms with E-state index in [1.807, 2.05) is 45.2 Å². The van der Waals surface area contributed by atoms with Gasteiger partial charge in [-0.15, -0.1) is 0 Å². The lowest BCUT2D eigenvalue weighted by Crippen LogP contribution is -2.44. The minimum atomic E-state index is -0.929. The van der Waals surface area contributed by atoms with E-state index < -0.39 is 41.0 Å². The summed E-state index contributed by atoms with van der Waals surface area (Å²) in [4.78, 5) is 57.4. The number of aromatic nitrogens is 3. The molecule has 0 unspecified atom stereocenters. The Balaban J connectivity index is 1.69. The third-order valence-electron chi connectivity index (χ3n) is 5.58. The molecule has 0 bridgehead atoms. The van der Waals surface area contributed by atoms with Crippen molar-refractivity contribution in [2.75, 3.05) is 25.1 Å². The number of amides is 2. The highest BCUT2D eigenvalue weighted by Crippen LogP contribution is 2.33. The second-order valence-corrected chi connectivity index (χ2v) is 10.8. The first-order chi connectivity index (χ1) is 19.0. The fraction of sp³-hybridized carbons (Fsp3) is 0.115. The third kappa shape index (κ3) is 6.33. The number of carbonyl (C=O) groups is 2. The molecule has 206 valence electrons. The molecule has 4 aromatic rings. The summed E-state index contributed by atoms with van der Waals surface area (Å²) in [6.07, 6.45) is 2.57. The maximum atomic E-state index is 13.5. The molecule has 0 radical (unpaired) electrons. The van der Waals surface area contributed by atoms with Gasteiger partial charge >= 0.3 is 5.69 Å². The molecule has 0 aliphatic carbocycles. The molecule has 0 aliphatic rings. The summed E-state index contributed by atoms with van der Waals surface area (Å²) < 4.78 is 22.4. The van der Waals surface area contributed by atoms with Crippen molar-refractivity contribution in [3.05, 3.63) is 100 Å². The maximum absolute atomic E-state index is 13.5. The molecule has 2 heterocycles. The number of benzene rings is 2. The topological polar surface area (TPSA) is 142 Å². The Morgan fingerprint density at radius 3 is 2.42 bits per heavy atom. The van der Waals surface area contributed by atoms with Crippen molar-refractivity contribution in [1.82, 2.24) is 19.0 Å². The number of nitrogens with two attached hydrogens (primary N) is 1. The number of halogens is 3. The van der Waals surface area contributed by atoms with Crippen LogP contribution in [0.5, 0.6) is 11.5 Å². The average molecular weight is 770 g/mol. The highest BCUT2D eigenvalue weighted by molar-refractivity contribution is 14.1. The fourth-order valence-corrected chi connectivity index (χ4v) is 4.53. The number of hydrogen-bond acceptors (Lipinski definition) is 7. The molecule has 4 rings (SSSR count). The van der Waals surface area contributed by atoms with Gasteiger partial charge in [-0.2, -0.15) is 0 Å². The van der Waals surface area contributed by atoms with Gasteiger partial charge in [-0.05, 0) is 87.6 Å². The van der Waals surface area contributed by atoms with Gasteiger partial charge < -0.3 is 20.7 Å². The quantitative estimate of drug-likeness (QED) is 0.275. The number of nitrogens with one attached hydrogen (secondary N) is 1. The lowest BCUT2D eigenvalue weighted by atomic mass is 10.2. The van der Waals surface area contributed by atoms with E-state index in [0.29, 0.717) is 30.1 Å². The first-order valence-corrected chi connectivity index (χ1v) is 13.6. The molecule has 3 N–H and O–H groups in total. The second-order valence-electron chi connectivity index (χ2n) is 8.57. The largest absolute Gasteiger partial charge is 0.455 e. The third-order valence-corrected chi connectivity index (χ3v) is 7.51. The Morgan fingerprint density at radius 1 is 1.07 bits per heavy atom. The number of carbonyl (C=O) groups excluding carboxylic acids is 2. The molecule has 14 heteroatoms. The van der Waals surface area contributed by atoms with Crippen LogP contribution >= 0.6 is 45.2 Å². The van der Waals surface area contributed by atoms with Crippen molar-refractivity contribution in [3.8, 4) is 17.2 Å². The van der Waals surface area contributed by atoms with Gasteiger partial charge in [0.2, 0.25) is 5.91 Å². The van der Waals surface area contributed by atoms with Crippen LogP contribution in [-0.4, -0.2) is 44.9 Å². The average Bonchev–Trinajstić information content (AvgIpc) is 2.90. The summed E-state index contributed by atoms with van der Waals surface area (Å²) in [7, 11) is 3.02. The maximum Gasteiger partial charge on any atom is 0.336 e. The number of nitrogen functional groups attached to an aromatic ring is 1. The lowest BCUT2D eigenvalue weighted by Gasteiger charge is -2.15. The minimum Gasteiger partial charge on any atom is -0.455 e. The van der Waals surface area contributed by atoms with Crippen molar-refractivity contribution in [2.45, 2.75) is 6.54 Å². The molecule has 0 saturated heterocycles. The molecule has 2 aromatic carbocycles. The Kier molecular flexibility index (Phi) is 8.87. The van der Waals surface area contributed by atoms with Crippen LogP contribution in [0.2, 0.25) is 0 Å². The van der Waals surface area contributed by atoms with E-state index in [0.717, 1.165) is 27.5 Å². The van der Waals surface area contributed by atoms with Crippen molar-refractivity contribution < 1.29 is 18.7 Å². The van der Waals surface area contributed by atoms with Gasteiger partial charge in [0.15, 0.2) is 0 Å².